The van der Waals surface area contributed by atoms with Crippen molar-refractivity contribution in [3.8, 4) is 5.75 Å². The van der Waals surface area contributed by atoms with Crippen LogP contribution in [0.4, 0.5) is 5.69 Å². The van der Waals surface area contributed by atoms with E-state index in [1.54, 1.807) is 17.4 Å². The van der Waals surface area contributed by atoms with E-state index in [9.17, 15) is 9.59 Å². The number of rotatable bonds is 7. The summed E-state index contributed by atoms with van der Waals surface area (Å²) in [4.78, 5) is 28.6. The topological polar surface area (TPSA) is 83.2 Å². The van der Waals surface area contributed by atoms with Crippen LogP contribution in [0.15, 0.2) is 66.2 Å². The number of anilines is 1. The smallest absolute Gasteiger partial charge is 0.257 e. The third-order valence-corrected chi connectivity index (χ3v) is 6.71. The van der Waals surface area contributed by atoms with Crippen molar-refractivity contribution in [1.82, 2.24) is 10.3 Å². The minimum Gasteiger partial charge on any atom is -0.484 e. The van der Waals surface area contributed by atoms with Gasteiger partial charge in [0, 0.05) is 46.5 Å². The molecule has 0 saturated carbocycles. The van der Waals surface area contributed by atoms with Crippen LogP contribution in [0, 0.1) is 0 Å². The van der Waals surface area contributed by atoms with Crippen LogP contribution < -0.4 is 15.4 Å². The zero-order valence-electron chi connectivity index (χ0n) is 17.4. The van der Waals surface area contributed by atoms with Crippen molar-refractivity contribution in [2.75, 3.05) is 18.5 Å². The van der Waals surface area contributed by atoms with Gasteiger partial charge in [0.1, 0.15) is 5.75 Å². The Morgan fingerprint density at radius 3 is 2.91 bits per heavy atom. The second kappa shape index (κ2) is 8.88. The number of aromatic nitrogens is 1. The maximum atomic E-state index is 12.6. The third kappa shape index (κ3) is 4.24. The molecule has 3 N–H and O–H groups in total. The number of H-pyrrole nitrogens is 1. The van der Waals surface area contributed by atoms with Gasteiger partial charge in [-0.15, -0.1) is 11.3 Å². The van der Waals surface area contributed by atoms with E-state index in [0.29, 0.717) is 25.1 Å². The van der Waals surface area contributed by atoms with E-state index in [1.807, 2.05) is 36.5 Å². The minimum absolute atomic E-state index is 0.0287. The quantitative estimate of drug-likeness (QED) is 0.393. The SMILES string of the molecule is O=C(COc1ccc2c(c1)CCC(=O)N2)NC[C@H](c1cccs1)c1c[nH]c2ccccc12. The minimum atomic E-state index is -0.169. The van der Waals surface area contributed by atoms with Gasteiger partial charge < -0.3 is 20.4 Å². The average Bonchev–Trinajstić information content (AvgIpc) is 3.49. The zero-order valence-corrected chi connectivity index (χ0v) is 18.2. The van der Waals surface area contributed by atoms with Gasteiger partial charge in [-0.3, -0.25) is 9.59 Å². The Kier molecular flexibility index (Phi) is 5.64. The number of nitrogens with one attached hydrogen (secondary N) is 3. The van der Waals surface area contributed by atoms with E-state index < -0.39 is 0 Å². The van der Waals surface area contributed by atoms with Gasteiger partial charge in [0.2, 0.25) is 5.91 Å². The molecule has 32 heavy (non-hydrogen) atoms. The summed E-state index contributed by atoms with van der Waals surface area (Å²) in [5.41, 5.74) is 4.10. The van der Waals surface area contributed by atoms with Crippen LogP contribution in [-0.2, 0) is 16.0 Å². The second-order valence-corrected chi connectivity index (χ2v) is 8.80. The molecule has 2 aromatic carbocycles. The Morgan fingerprint density at radius 1 is 1.12 bits per heavy atom. The number of aryl methyl sites for hydroxylation is 1. The standard InChI is InChI=1S/C25H23N3O3S/c29-24-10-7-16-12-17(8-9-21(16)28-24)31-15-25(30)27-14-20(23-6-3-11-32-23)19-13-26-22-5-2-1-4-18(19)22/h1-6,8-9,11-13,20,26H,7,10,14-15H2,(H,27,30)(H,28,29)/t20-/m0/s1. The number of hydrogen-bond donors (Lipinski definition) is 3. The fourth-order valence-electron chi connectivity index (χ4n) is 4.10. The highest BCUT2D eigenvalue weighted by Gasteiger charge is 2.20. The van der Waals surface area contributed by atoms with E-state index >= 15 is 0 Å². The summed E-state index contributed by atoms with van der Waals surface area (Å²) in [5.74, 6) is 0.544. The number of aromatic amines is 1. The monoisotopic (exact) mass is 445 g/mol. The molecule has 1 atom stereocenters. The molecule has 1 aliphatic heterocycles. The number of fused-ring (bicyclic) bond motifs is 2. The Labute approximate surface area is 189 Å². The molecule has 2 amide bonds. The van der Waals surface area contributed by atoms with E-state index in [-0.39, 0.29) is 24.3 Å². The first-order chi connectivity index (χ1) is 15.7. The Bertz CT molecular complexity index is 1260. The molecule has 4 aromatic rings. The van der Waals surface area contributed by atoms with Gasteiger partial charge in [-0.2, -0.15) is 0 Å². The van der Waals surface area contributed by atoms with Crippen molar-refractivity contribution in [2.24, 2.45) is 0 Å². The van der Waals surface area contributed by atoms with Gasteiger partial charge in [0.15, 0.2) is 6.61 Å². The fraction of sp³-hybridized carbons (Fsp3) is 0.200. The lowest BCUT2D eigenvalue weighted by Crippen LogP contribution is -2.32. The Morgan fingerprint density at radius 2 is 2.03 bits per heavy atom. The van der Waals surface area contributed by atoms with E-state index in [4.69, 9.17) is 4.74 Å². The molecule has 162 valence electrons. The number of carbonyl (C=O) groups excluding carboxylic acids is 2. The highest BCUT2D eigenvalue weighted by atomic mass is 32.1. The van der Waals surface area contributed by atoms with Crippen molar-refractivity contribution in [3.63, 3.8) is 0 Å². The number of para-hydroxylation sites is 1. The predicted molar refractivity (Wildman–Crippen MR) is 126 cm³/mol. The van der Waals surface area contributed by atoms with Crippen LogP contribution in [0.25, 0.3) is 10.9 Å². The van der Waals surface area contributed by atoms with E-state index in [1.165, 1.54) is 10.4 Å². The summed E-state index contributed by atoms with van der Waals surface area (Å²) in [5, 5.41) is 9.10. The average molecular weight is 446 g/mol. The first-order valence-electron chi connectivity index (χ1n) is 10.6. The summed E-state index contributed by atoms with van der Waals surface area (Å²) in [7, 11) is 0. The van der Waals surface area contributed by atoms with Gasteiger partial charge in [-0.1, -0.05) is 24.3 Å². The van der Waals surface area contributed by atoms with Crippen LogP contribution in [0.1, 0.15) is 28.3 Å². The molecular formula is C25H23N3O3S. The largest absolute Gasteiger partial charge is 0.484 e. The van der Waals surface area contributed by atoms with Gasteiger partial charge in [-0.05, 0) is 53.3 Å². The first kappa shape index (κ1) is 20.3. The summed E-state index contributed by atoms with van der Waals surface area (Å²) >= 11 is 1.69. The number of hydrogen-bond acceptors (Lipinski definition) is 4. The van der Waals surface area contributed by atoms with Crippen LogP contribution in [0.3, 0.4) is 0 Å². The van der Waals surface area contributed by atoms with E-state index in [0.717, 1.165) is 22.2 Å². The maximum absolute atomic E-state index is 12.6. The maximum Gasteiger partial charge on any atom is 0.257 e. The van der Waals surface area contributed by atoms with Crippen LogP contribution in [-0.4, -0.2) is 29.9 Å². The van der Waals surface area contributed by atoms with Crippen molar-refractivity contribution < 1.29 is 14.3 Å². The van der Waals surface area contributed by atoms with Crippen LogP contribution in [0.2, 0.25) is 0 Å². The fourth-order valence-corrected chi connectivity index (χ4v) is 4.95. The summed E-state index contributed by atoms with van der Waals surface area (Å²) in [6, 6.07) is 17.8. The molecule has 5 rings (SSSR count). The normalized spacial score (nSPS) is 13.9. The zero-order chi connectivity index (χ0) is 21.9. The van der Waals surface area contributed by atoms with Gasteiger partial charge in [-0.25, -0.2) is 0 Å². The van der Waals surface area contributed by atoms with E-state index in [2.05, 4.69) is 39.2 Å². The van der Waals surface area contributed by atoms with Gasteiger partial charge >= 0.3 is 0 Å². The molecule has 0 aliphatic carbocycles. The molecule has 0 unspecified atom stereocenters. The number of benzene rings is 2. The van der Waals surface area contributed by atoms with Gasteiger partial charge in [0.05, 0.1) is 0 Å². The molecule has 0 fully saturated rings. The first-order valence-corrected chi connectivity index (χ1v) is 11.5. The molecule has 0 saturated heterocycles. The van der Waals surface area contributed by atoms with Crippen molar-refractivity contribution in [3.05, 3.63) is 82.2 Å². The van der Waals surface area contributed by atoms with Crippen LogP contribution in [0.5, 0.6) is 5.75 Å². The molecular weight excluding hydrogens is 422 g/mol. The summed E-state index contributed by atoms with van der Waals surface area (Å²) in [6.07, 6.45) is 3.18. The lowest BCUT2D eigenvalue weighted by Gasteiger charge is -2.18. The molecule has 1 aliphatic rings. The number of amides is 2. The van der Waals surface area contributed by atoms with Crippen LogP contribution >= 0.6 is 11.3 Å². The Hall–Kier alpha value is -3.58. The highest BCUT2D eigenvalue weighted by Crippen LogP contribution is 2.33. The Balaban J connectivity index is 1.24. The molecule has 7 heteroatoms. The summed E-state index contributed by atoms with van der Waals surface area (Å²) in [6.45, 7) is 0.428. The number of thiophene rings is 1. The third-order valence-electron chi connectivity index (χ3n) is 5.73. The highest BCUT2D eigenvalue weighted by molar-refractivity contribution is 7.10. The lowest BCUT2D eigenvalue weighted by molar-refractivity contribution is -0.123. The molecule has 0 radical (unpaired) electrons. The molecule has 0 spiro atoms. The second-order valence-electron chi connectivity index (χ2n) is 7.82. The molecule has 2 aromatic heterocycles. The number of ether oxygens (including phenoxy) is 1. The molecule has 6 nitrogen and oxygen atoms in total. The predicted octanol–water partition coefficient (Wildman–Crippen LogP) is 4.44. The van der Waals surface area contributed by atoms with Crippen molar-refractivity contribution >= 4 is 39.7 Å². The van der Waals surface area contributed by atoms with Gasteiger partial charge in [0.25, 0.3) is 5.91 Å². The van der Waals surface area contributed by atoms with Crippen molar-refractivity contribution in [1.29, 1.82) is 0 Å². The number of carbonyl (C=O) groups is 2. The van der Waals surface area contributed by atoms with Crippen molar-refractivity contribution in [2.45, 2.75) is 18.8 Å². The lowest BCUT2D eigenvalue weighted by atomic mass is 9.96. The summed E-state index contributed by atoms with van der Waals surface area (Å²) < 4.78 is 5.72. The molecule has 0 bridgehead atoms. The molecule has 3 heterocycles.